The standard InChI is InChI=1S/C28H28Br2N2O4S/c1-5-7-21-23(27(35)36-6-2)24(18-10-8-17(9-11-18)15(3)4)32-26(34)22(37-28(32)31-21)14-16-12-19(29)25(33)20(30)13-16/h8-15,24,33H,5-7H2,1-4H3/b22-14-/t24-/m1/s1. The molecule has 0 radical (unpaired) electrons. The minimum Gasteiger partial charge on any atom is -0.506 e. The largest absolute Gasteiger partial charge is 0.506 e. The molecule has 0 unspecified atom stereocenters. The molecule has 1 atom stereocenters. The van der Waals surface area contributed by atoms with Crippen molar-refractivity contribution in [2.75, 3.05) is 6.61 Å². The number of aromatic hydroxyl groups is 1. The highest BCUT2D eigenvalue weighted by Gasteiger charge is 2.34. The van der Waals surface area contributed by atoms with Crippen molar-refractivity contribution in [3.8, 4) is 5.75 Å². The number of carbonyl (C=O) groups is 1. The molecule has 9 heteroatoms. The monoisotopic (exact) mass is 646 g/mol. The van der Waals surface area contributed by atoms with Crippen molar-refractivity contribution < 1.29 is 14.6 Å². The summed E-state index contributed by atoms with van der Waals surface area (Å²) in [7, 11) is 0. The zero-order valence-electron chi connectivity index (χ0n) is 21.0. The molecule has 4 rings (SSSR count). The summed E-state index contributed by atoms with van der Waals surface area (Å²) >= 11 is 7.98. The molecule has 0 spiro atoms. The smallest absolute Gasteiger partial charge is 0.338 e. The summed E-state index contributed by atoms with van der Waals surface area (Å²) in [6.45, 7) is 8.29. The number of fused-ring (bicyclic) bond motifs is 1. The Balaban J connectivity index is 1.98. The first-order valence-electron chi connectivity index (χ1n) is 12.2. The van der Waals surface area contributed by atoms with Crippen LogP contribution in [0.3, 0.4) is 0 Å². The van der Waals surface area contributed by atoms with Crippen LogP contribution < -0.4 is 14.9 Å². The fourth-order valence-corrected chi connectivity index (χ4v) is 6.56. The molecule has 0 fully saturated rings. The van der Waals surface area contributed by atoms with Crippen LogP contribution in [0.25, 0.3) is 6.08 Å². The van der Waals surface area contributed by atoms with Crippen molar-refractivity contribution in [3.05, 3.63) is 93.0 Å². The number of allylic oxidation sites excluding steroid dienone is 1. The average Bonchev–Trinajstić information content (AvgIpc) is 3.16. The Bertz CT molecular complexity index is 1530. The third-order valence-electron chi connectivity index (χ3n) is 6.15. The van der Waals surface area contributed by atoms with Crippen molar-refractivity contribution in [2.24, 2.45) is 4.99 Å². The molecule has 0 bridgehead atoms. The lowest BCUT2D eigenvalue weighted by Crippen LogP contribution is -2.40. The normalized spacial score (nSPS) is 15.6. The molecule has 0 saturated heterocycles. The molecule has 1 N–H and O–H groups in total. The van der Waals surface area contributed by atoms with E-state index in [2.05, 4.69) is 45.7 Å². The quantitative estimate of drug-likeness (QED) is 0.322. The van der Waals surface area contributed by atoms with Crippen LogP contribution in [-0.4, -0.2) is 22.2 Å². The van der Waals surface area contributed by atoms with Gasteiger partial charge in [0.15, 0.2) is 4.80 Å². The maximum absolute atomic E-state index is 13.8. The molecule has 3 aromatic rings. The minimum atomic E-state index is -0.640. The number of aromatic nitrogens is 1. The summed E-state index contributed by atoms with van der Waals surface area (Å²) in [4.78, 5) is 32.5. The van der Waals surface area contributed by atoms with Gasteiger partial charge in [0.05, 0.1) is 37.4 Å². The van der Waals surface area contributed by atoms with Gasteiger partial charge in [0, 0.05) is 0 Å². The molecule has 0 amide bonds. The molecular formula is C28H28Br2N2O4S. The van der Waals surface area contributed by atoms with E-state index in [0.29, 0.717) is 41.9 Å². The van der Waals surface area contributed by atoms with Crippen LogP contribution in [0.5, 0.6) is 5.75 Å². The lowest BCUT2D eigenvalue weighted by atomic mass is 9.92. The Hall–Kier alpha value is -2.49. The molecule has 0 saturated carbocycles. The highest BCUT2D eigenvalue weighted by atomic mass is 79.9. The number of rotatable bonds is 7. The molecule has 194 valence electrons. The number of phenolic OH excluding ortho intramolecular Hbond substituents is 1. The fraction of sp³-hybridized carbons (Fsp3) is 0.321. The molecule has 2 aromatic carbocycles. The van der Waals surface area contributed by atoms with Gasteiger partial charge in [-0.2, -0.15) is 0 Å². The van der Waals surface area contributed by atoms with E-state index in [1.165, 1.54) is 16.9 Å². The van der Waals surface area contributed by atoms with Gasteiger partial charge in [-0.05, 0) is 86.0 Å². The van der Waals surface area contributed by atoms with Gasteiger partial charge in [-0.15, -0.1) is 0 Å². The molecule has 37 heavy (non-hydrogen) atoms. The third-order valence-corrected chi connectivity index (χ3v) is 8.34. The first-order valence-corrected chi connectivity index (χ1v) is 14.6. The van der Waals surface area contributed by atoms with E-state index in [9.17, 15) is 14.7 Å². The summed E-state index contributed by atoms with van der Waals surface area (Å²) in [5.41, 5.74) is 3.57. The van der Waals surface area contributed by atoms with Crippen LogP contribution >= 0.6 is 43.2 Å². The Morgan fingerprint density at radius 2 is 1.84 bits per heavy atom. The molecule has 2 heterocycles. The van der Waals surface area contributed by atoms with Crippen LogP contribution in [0.15, 0.2) is 66.4 Å². The van der Waals surface area contributed by atoms with Crippen molar-refractivity contribution in [1.82, 2.24) is 4.57 Å². The van der Waals surface area contributed by atoms with E-state index in [1.54, 1.807) is 29.7 Å². The highest BCUT2D eigenvalue weighted by Crippen LogP contribution is 2.34. The average molecular weight is 648 g/mol. The van der Waals surface area contributed by atoms with Crippen LogP contribution in [0, 0.1) is 0 Å². The van der Waals surface area contributed by atoms with Crippen LogP contribution in [0.1, 0.15) is 69.2 Å². The number of phenols is 1. The number of thiazole rings is 1. The van der Waals surface area contributed by atoms with E-state index in [-0.39, 0.29) is 17.9 Å². The van der Waals surface area contributed by atoms with Gasteiger partial charge >= 0.3 is 5.97 Å². The van der Waals surface area contributed by atoms with E-state index < -0.39 is 12.0 Å². The topological polar surface area (TPSA) is 80.9 Å². The van der Waals surface area contributed by atoms with E-state index in [1.807, 2.05) is 31.2 Å². The SMILES string of the molecule is CCCC1=C(C(=O)OCC)[C@@H](c2ccc(C(C)C)cc2)n2c(s/c(=C\c3cc(Br)c(O)c(Br)c3)c2=O)=N1. The Morgan fingerprint density at radius 1 is 1.19 bits per heavy atom. The van der Waals surface area contributed by atoms with E-state index >= 15 is 0 Å². The van der Waals surface area contributed by atoms with Crippen molar-refractivity contribution in [1.29, 1.82) is 0 Å². The first-order chi connectivity index (χ1) is 17.7. The summed E-state index contributed by atoms with van der Waals surface area (Å²) in [5, 5.41) is 10.1. The summed E-state index contributed by atoms with van der Waals surface area (Å²) in [5.74, 6) is -0.00392. The van der Waals surface area contributed by atoms with Gasteiger partial charge in [-0.1, -0.05) is 62.8 Å². The second kappa shape index (κ2) is 11.5. The minimum absolute atomic E-state index is 0.0896. The molecule has 6 nitrogen and oxygen atoms in total. The van der Waals surface area contributed by atoms with Gasteiger partial charge in [0.25, 0.3) is 5.56 Å². The van der Waals surface area contributed by atoms with Crippen LogP contribution in [0.2, 0.25) is 0 Å². The summed E-state index contributed by atoms with van der Waals surface area (Å²) in [6.07, 6.45) is 3.16. The van der Waals surface area contributed by atoms with Crippen molar-refractivity contribution in [2.45, 2.75) is 52.5 Å². The maximum Gasteiger partial charge on any atom is 0.338 e. The second-order valence-corrected chi connectivity index (χ2v) is 11.8. The lowest BCUT2D eigenvalue weighted by molar-refractivity contribution is -0.139. The first kappa shape index (κ1) is 27.5. The van der Waals surface area contributed by atoms with E-state index in [4.69, 9.17) is 9.73 Å². The van der Waals surface area contributed by atoms with Crippen molar-refractivity contribution in [3.63, 3.8) is 0 Å². The number of carbonyl (C=O) groups excluding carboxylic acids is 1. The molecule has 1 aliphatic heterocycles. The van der Waals surface area contributed by atoms with Gasteiger partial charge < -0.3 is 9.84 Å². The van der Waals surface area contributed by atoms with Gasteiger partial charge in [-0.25, -0.2) is 9.79 Å². The maximum atomic E-state index is 13.8. The number of hydrogen-bond acceptors (Lipinski definition) is 6. The third kappa shape index (κ3) is 5.54. The number of nitrogens with zero attached hydrogens (tertiary/aromatic N) is 2. The fourth-order valence-electron chi connectivity index (χ4n) is 4.32. The van der Waals surface area contributed by atoms with Crippen molar-refractivity contribution >= 4 is 55.2 Å². The zero-order chi connectivity index (χ0) is 26.9. The highest BCUT2D eigenvalue weighted by molar-refractivity contribution is 9.11. The summed E-state index contributed by atoms with van der Waals surface area (Å²) < 4.78 is 8.57. The number of benzene rings is 2. The second-order valence-electron chi connectivity index (χ2n) is 9.07. The predicted molar refractivity (Wildman–Crippen MR) is 154 cm³/mol. The van der Waals surface area contributed by atoms with Crippen LogP contribution in [0.4, 0.5) is 0 Å². The van der Waals surface area contributed by atoms with E-state index in [0.717, 1.165) is 17.5 Å². The zero-order valence-corrected chi connectivity index (χ0v) is 25.0. The molecule has 1 aromatic heterocycles. The van der Waals surface area contributed by atoms with Gasteiger partial charge in [-0.3, -0.25) is 9.36 Å². The Labute approximate surface area is 236 Å². The number of ether oxygens (including phenoxy) is 1. The van der Waals surface area contributed by atoms with Gasteiger partial charge in [0.2, 0.25) is 0 Å². The predicted octanol–water partition coefficient (Wildman–Crippen LogP) is 5.93. The summed E-state index contributed by atoms with van der Waals surface area (Å²) in [6, 6.07) is 10.9. The molecule has 1 aliphatic rings. The Morgan fingerprint density at radius 3 is 2.41 bits per heavy atom. The van der Waals surface area contributed by atoms with Crippen LogP contribution in [-0.2, 0) is 9.53 Å². The number of hydrogen-bond donors (Lipinski definition) is 1. The number of esters is 1. The lowest BCUT2D eigenvalue weighted by Gasteiger charge is -2.26. The molecule has 0 aliphatic carbocycles. The van der Waals surface area contributed by atoms with Gasteiger partial charge in [0.1, 0.15) is 5.75 Å². The molecular weight excluding hydrogens is 620 g/mol. The Kier molecular flexibility index (Phi) is 8.56. The number of halogens is 2.